The molecule has 7 heteroatoms. The van der Waals surface area contributed by atoms with Crippen LogP contribution in [-0.4, -0.2) is 60.1 Å². The van der Waals surface area contributed by atoms with Crippen LogP contribution in [0.2, 0.25) is 0 Å². The molecule has 1 heterocycles. The molecule has 1 unspecified atom stereocenters. The Balaban J connectivity index is 2.09. The molecule has 0 saturated heterocycles. The van der Waals surface area contributed by atoms with Gasteiger partial charge in [-0.15, -0.1) is 0 Å². The average Bonchev–Trinajstić information content (AvgIpc) is 2.75. The van der Waals surface area contributed by atoms with Gasteiger partial charge in [0.1, 0.15) is 6.04 Å². The molecular weight excluding hydrogens is 286 g/mol. The van der Waals surface area contributed by atoms with Gasteiger partial charge in [-0.25, -0.2) is 0 Å². The zero-order valence-electron chi connectivity index (χ0n) is 12.6. The lowest BCUT2D eigenvalue weighted by molar-refractivity contribution is -0.131. The number of likely N-dealkylation sites (N-methyl/N-ethyl adjacent to an activating group) is 1. The fourth-order valence-corrected chi connectivity index (χ4v) is 2.15. The first-order chi connectivity index (χ1) is 10.3. The van der Waals surface area contributed by atoms with Crippen LogP contribution in [0.4, 0.5) is 0 Å². The zero-order chi connectivity index (χ0) is 16.4. The Hall–Kier alpha value is -2.70. The SMILES string of the molecule is CC(C(=O)NCC(=O)N(C)C)N1C(=O)c2ccccc2C1=O. The number of carbonyl (C=O) groups is 4. The second-order valence-corrected chi connectivity index (χ2v) is 5.21. The molecule has 0 fully saturated rings. The van der Waals surface area contributed by atoms with E-state index in [1.165, 1.54) is 11.8 Å². The Morgan fingerprint density at radius 1 is 1.14 bits per heavy atom. The molecule has 2 rings (SSSR count). The summed E-state index contributed by atoms with van der Waals surface area (Å²) in [5.74, 6) is -1.82. The van der Waals surface area contributed by atoms with Crippen molar-refractivity contribution in [2.24, 2.45) is 0 Å². The molecule has 7 nitrogen and oxygen atoms in total. The fourth-order valence-electron chi connectivity index (χ4n) is 2.15. The van der Waals surface area contributed by atoms with Crippen LogP contribution in [0.15, 0.2) is 24.3 Å². The molecule has 0 bridgehead atoms. The first kappa shape index (κ1) is 15.7. The van der Waals surface area contributed by atoms with Gasteiger partial charge in [0.05, 0.1) is 17.7 Å². The standard InChI is InChI=1S/C15H17N3O4/c1-9(13(20)16-8-12(19)17(2)3)18-14(21)10-6-4-5-7-11(10)15(18)22/h4-7,9H,8H2,1-3H3,(H,16,20). The van der Waals surface area contributed by atoms with Crippen LogP contribution in [0.25, 0.3) is 0 Å². The number of amides is 4. The van der Waals surface area contributed by atoms with Crippen LogP contribution in [-0.2, 0) is 9.59 Å². The molecule has 0 radical (unpaired) electrons. The quantitative estimate of drug-likeness (QED) is 0.785. The highest BCUT2D eigenvalue weighted by molar-refractivity contribution is 6.22. The molecule has 4 amide bonds. The average molecular weight is 303 g/mol. The Morgan fingerprint density at radius 2 is 1.64 bits per heavy atom. The normalized spacial score (nSPS) is 14.6. The van der Waals surface area contributed by atoms with E-state index < -0.39 is 23.8 Å². The van der Waals surface area contributed by atoms with Gasteiger partial charge < -0.3 is 10.2 Å². The number of nitrogens with zero attached hydrogens (tertiary/aromatic N) is 2. The summed E-state index contributed by atoms with van der Waals surface area (Å²) in [7, 11) is 3.14. The number of rotatable bonds is 4. The van der Waals surface area contributed by atoms with Crippen molar-refractivity contribution in [3.63, 3.8) is 0 Å². The molecule has 1 aliphatic rings. The summed E-state index contributed by atoms with van der Waals surface area (Å²) < 4.78 is 0. The Bertz CT molecular complexity index is 619. The number of imide groups is 1. The summed E-state index contributed by atoms with van der Waals surface area (Å²) in [5, 5.41) is 2.43. The highest BCUT2D eigenvalue weighted by Gasteiger charge is 2.40. The number of hydrogen-bond acceptors (Lipinski definition) is 4. The van der Waals surface area contributed by atoms with Gasteiger partial charge in [-0.1, -0.05) is 12.1 Å². The second-order valence-electron chi connectivity index (χ2n) is 5.21. The van der Waals surface area contributed by atoms with Gasteiger partial charge in [0.15, 0.2) is 0 Å². The van der Waals surface area contributed by atoms with Crippen molar-refractivity contribution in [2.75, 3.05) is 20.6 Å². The lowest BCUT2D eigenvalue weighted by Gasteiger charge is -2.22. The molecule has 1 aromatic carbocycles. The van der Waals surface area contributed by atoms with Crippen molar-refractivity contribution in [3.05, 3.63) is 35.4 Å². The van der Waals surface area contributed by atoms with Crippen LogP contribution >= 0.6 is 0 Å². The third-order valence-corrected chi connectivity index (χ3v) is 3.50. The van der Waals surface area contributed by atoms with Gasteiger partial charge in [0, 0.05) is 14.1 Å². The van der Waals surface area contributed by atoms with Crippen molar-refractivity contribution < 1.29 is 19.2 Å². The number of benzene rings is 1. The highest BCUT2D eigenvalue weighted by atomic mass is 16.2. The first-order valence-corrected chi connectivity index (χ1v) is 6.79. The van der Waals surface area contributed by atoms with Gasteiger partial charge in [-0.05, 0) is 19.1 Å². The molecule has 1 aliphatic heterocycles. The van der Waals surface area contributed by atoms with E-state index in [2.05, 4.69) is 5.32 Å². The molecule has 116 valence electrons. The molecule has 0 spiro atoms. The summed E-state index contributed by atoms with van der Waals surface area (Å²) in [6, 6.07) is 5.44. The lowest BCUT2D eigenvalue weighted by atomic mass is 10.1. The topological polar surface area (TPSA) is 86.8 Å². The number of carbonyl (C=O) groups excluding carboxylic acids is 4. The summed E-state index contributed by atoms with van der Waals surface area (Å²) in [6.07, 6.45) is 0. The number of hydrogen-bond donors (Lipinski definition) is 1. The fraction of sp³-hybridized carbons (Fsp3) is 0.333. The minimum Gasteiger partial charge on any atom is -0.347 e. The van der Waals surface area contributed by atoms with Crippen molar-refractivity contribution in [1.29, 1.82) is 0 Å². The Labute approximate surface area is 127 Å². The molecule has 0 aromatic heterocycles. The zero-order valence-corrected chi connectivity index (χ0v) is 12.6. The minimum atomic E-state index is -0.984. The van der Waals surface area contributed by atoms with Gasteiger partial charge in [-0.3, -0.25) is 24.1 Å². The Kier molecular flexibility index (Phi) is 4.25. The molecule has 1 aromatic rings. The van der Waals surface area contributed by atoms with Crippen LogP contribution in [0.5, 0.6) is 0 Å². The minimum absolute atomic E-state index is 0.181. The maximum atomic E-state index is 12.2. The van der Waals surface area contributed by atoms with Gasteiger partial charge in [-0.2, -0.15) is 0 Å². The van der Waals surface area contributed by atoms with E-state index in [4.69, 9.17) is 0 Å². The number of nitrogens with one attached hydrogen (secondary N) is 1. The van der Waals surface area contributed by atoms with Crippen molar-refractivity contribution in [2.45, 2.75) is 13.0 Å². The molecular formula is C15H17N3O4. The molecule has 1 N–H and O–H groups in total. The summed E-state index contributed by atoms with van der Waals surface area (Å²) in [6.45, 7) is 1.27. The van der Waals surface area contributed by atoms with E-state index in [9.17, 15) is 19.2 Å². The van der Waals surface area contributed by atoms with E-state index >= 15 is 0 Å². The molecule has 0 saturated carbocycles. The highest BCUT2D eigenvalue weighted by Crippen LogP contribution is 2.24. The summed E-state index contributed by atoms with van der Waals surface area (Å²) in [4.78, 5) is 50.3. The van der Waals surface area contributed by atoms with Crippen LogP contribution < -0.4 is 5.32 Å². The Morgan fingerprint density at radius 3 is 2.09 bits per heavy atom. The van der Waals surface area contributed by atoms with E-state index in [1.807, 2.05) is 0 Å². The summed E-state index contributed by atoms with van der Waals surface area (Å²) >= 11 is 0. The van der Waals surface area contributed by atoms with E-state index in [-0.39, 0.29) is 23.6 Å². The monoisotopic (exact) mass is 303 g/mol. The van der Waals surface area contributed by atoms with Crippen LogP contribution in [0.1, 0.15) is 27.6 Å². The maximum absolute atomic E-state index is 12.2. The largest absolute Gasteiger partial charge is 0.347 e. The molecule has 22 heavy (non-hydrogen) atoms. The van der Waals surface area contributed by atoms with Gasteiger partial charge >= 0.3 is 0 Å². The predicted octanol–water partition coefficient (Wildman–Crippen LogP) is -0.124. The van der Waals surface area contributed by atoms with Crippen LogP contribution in [0, 0.1) is 0 Å². The third kappa shape index (κ3) is 2.69. The molecule has 1 atom stereocenters. The van der Waals surface area contributed by atoms with Crippen molar-refractivity contribution >= 4 is 23.6 Å². The van der Waals surface area contributed by atoms with Gasteiger partial charge in [0.25, 0.3) is 11.8 Å². The van der Waals surface area contributed by atoms with Gasteiger partial charge in [0.2, 0.25) is 11.8 Å². The van der Waals surface area contributed by atoms with Crippen molar-refractivity contribution in [1.82, 2.24) is 15.1 Å². The smallest absolute Gasteiger partial charge is 0.262 e. The predicted molar refractivity (Wildman–Crippen MR) is 78.1 cm³/mol. The van der Waals surface area contributed by atoms with Crippen molar-refractivity contribution in [3.8, 4) is 0 Å². The van der Waals surface area contributed by atoms with Crippen LogP contribution in [0.3, 0.4) is 0 Å². The van der Waals surface area contributed by atoms with E-state index in [1.54, 1.807) is 38.4 Å². The first-order valence-electron chi connectivity index (χ1n) is 6.79. The third-order valence-electron chi connectivity index (χ3n) is 3.50. The maximum Gasteiger partial charge on any atom is 0.262 e. The second kappa shape index (κ2) is 5.97. The van der Waals surface area contributed by atoms with E-state index in [0.717, 1.165) is 4.90 Å². The number of fused-ring (bicyclic) bond motifs is 1. The van der Waals surface area contributed by atoms with E-state index in [0.29, 0.717) is 0 Å². The molecule has 0 aliphatic carbocycles. The lowest BCUT2D eigenvalue weighted by Crippen LogP contribution is -2.49. The summed E-state index contributed by atoms with van der Waals surface area (Å²) in [5.41, 5.74) is 0.577.